The molecule has 0 saturated carbocycles. The van der Waals surface area contributed by atoms with Gasteiger partial charge in [-0.15, -0.1) is 0 Å². The Balaban J connectivity index is 1.76. The molecule has 0 bridgehead atoms. The monoisotopic (exact) mass is 348 g/mol. The van der Waals surface area contributed by atoms with Gasteiger partial charge in [0.15, 0.2) is 0 Å². The molecule has 0 fully saturated rings. The van der Waals surface area contributed by atoms with E-state index < -0.39 is 10.0 Å². The number of benzene rings is 2. The smallest absolute Gasteiger partial charge is 0.240 e. The Bertz CT molecular complexity index is 716. The Morgan fingerprint density at radius 2 is 1.71 bits per heavy atom. The third-order valence-corrected chi connectivity index (χ3v) is 5.15. The van der Waals surface area contributed by atoms with E-state index in [9.17, 15) is 8.42 Å². The summed E-state index contributed by atoms with van der Waals surface area (Å²) in [7, 11) is 0.116. The van der Waals surface area contributed by atoms with Gasteiger partial charge < -0.3 is 9.64 Å². The molecule has 2 aromatic rings. The van der Waals surface area contributed by atoms with E-state index >= 15 is 0 Å². The molecule has 0 amide bonds. The van der Waals surface area contributed by atoms with Crippen molar-refractivity contribution in [3.8, 4) is 5.75 Å². The van der Waals surface area contributed by atoms with Gasteiger partial charge in [-0.3, -0.25) is 0 Å². The lowest BCUT2D eigenvalue weighted by molar-refractivity contribution is 0.322. The highest BCUT2D eigenvalue weighted by atomic mass is 32.2. The van der Waals surface area contributed by atoms with E-state index in [4.69, 9.17) is 4.74 Å². The van der Waals surface area contributed by atoms with Crippen LogP contribution >= 0.6 is 0 Å². The third kappa shape index (κ3) is 5.63. The molecule has 0 saturated heterocycles. The largest absolute Gasteiger partial charge is 0.497 e. The summed E-state index contributed by atoms with van der Waals surface area (Å²) in [4.78, 5) is 2.43. The number of nitrogens with zero attached hydrogens (tertiary/aromatic N) is 1. The van der Waals surface area contributed by atoms with E-state index in [1.165, 1.54) is 5.56 Å². The molecule has 130 valence electrons. The average Bonchev–Trinajstić information content (AvgIpc) is 2.60. The summed E-state index contributed by atoms with van der Waals surface area (Å²) in [5.41, 5.74) is 1.25. The average molecular weight is 348 g/mol. The standard InChI is InChI=1S/C18H24N2O3S/c1-20(15-16-7-4-3-5-8-16)14-6-13-19-24(21,22)18-11-9-17(23-2)10-12-18/h3-5,7-12,19H,6,13-15H2,1-2H3. The summed E-state index contributed by atoms with van der Waals surface area (Å²) in [6.45, 7) is 2.08. The molecular formula is C18H24N2O3S. The molecule has 0 spiro atoms. The van der Waals surface area contributed by atoms with Crippen molar-refractivity contribution in [2.45, 2.75) is 17.9 Å². The van der Waals surface area contributed by atoms with Gasteiger partial charge in [0.2, 0.25) is 10.0 Å². The fourth-order valence-electron chi connectivity index (χ4n) is 2.37. The van der Waals surface area contributed by atoms with E-state index in [1.807, 2.05) is 25.2 Å². The van der Waals surface area contributed by atoms with Crippen molar-refractivity contribution in [2.24, 2.45) is 0 Å². The topological polar surface area (TPSA) is 58.6 Å². The van der Waals surface area contributed by atoms with Crippen molar-refractivity contribution >= 4 is 10.0 Å². The molecule has 0 aromatic heterocycles. The molecule has 0 unspecified atom stereocenters. The Morgan fingerprint density at radius 1 is 1.04 bits per heavy atom. The molecule has 6 heteroatoms. The lowest BCUT2D eigenvalue weighted by atomic mass is 10.2. The van der Waals surface area contributed by atoms with Crippen LogP contribution in [0.4, 0.5) is 0 Å². The fraction of sp³-hybridized carbons (Fsp3) is 0.333. The highest BCUT2D eigenvalue weighted by molar-refractivity contribution is 7.89. The molecule has 1 N–H and O–H groups in total. The second-order valence-electron chi connectivity index (χ2n) is 5.65. The molecule has 2 rings (SSSR count). The number of sulfonamides is 1. The molecular weight excluding hydrogens is 324 g/mol. The SMILES string of the molecule is COc1ccc(S(=O)(=O)NCCCN(C)Cc2ccccc2)cc1. The van der Waals surface area contributed by atoms with Crippen molar-refractivity contribution in [3.63, 3.8) is 0 Å². The van der Waals surface area contributed by atoms with Crippen LogP contribution < -0.4 is 9.46 Å². The number of hydrogen-bond acceptors (Lipinski definition) is 4. The minimum atomic E-state index is -3.47. The van der Waals surface area contributed by atoms with Crippen LogP contribution in [-0.4, -0.2) is 40.6 Å². The molecule has 0 heterocycles. The lowest BCUT2D eigenvalue weighted by Gasteiger charge is -2.16. The zero-order valence-corrected chi connectivity index (χ0v) is 14.9. The normalized spacial score (nSPS) is 11.6. The van der Waals surface area contributed by atoms with Crippen LogP contribution in [0.2, 0.25) is 0 Å². The van der Waals surface area contributed by atoms with E-state index in [0.29, 0.717) is 12.3 Å². The van der Waals surface area contributed by atoms with Crippen molar-refractivity contribution in [1.29, 1.82) is 0 Å². The second-order valence-corrected chi connectivity index (χ2v) is 7.42. The molecule has 0 radical (unpaired) electrons. The van der Waals surface area contributed by atoms with Gasteiger partial charge in [0.05, 0.1) is 12.0 Å². The maximum absolute atomic E-state index is 12.2. The van der Waals surface area contributed by atoms with Gasteiger partial charge in [0, 0.05) is 13.1 Å². The Kier molecular flexibility index (Phi) is 6.78. The summed E-state index contributed by atoms with van der Waals surface area (Å²) in [6.07, 6.45) is 0.749. The first kappa shape index (κ1) is 18.4. The number of rotatable bonds is 9. The zero-order valence-electron chi connectivity index (χ0n) is 14.1. The minimum absolute atomic E-state index is 0.251. The summed E-state index contributed by atoms with van der Waals surface area (Å²) in [6, 6.07) is 16.6. The van der Waals surface area contributed by atoms with Crippen LogP contribution in [0.1, 0.15) is 12.0 Å². The van der Waals surface area contributed by atoms with Gasteiger partial charge in [0.1, 0.15) is 5.75 Å². The van der Waals surface area contributed by atoms with Crippen molar-refractivity contribution < 1.29 is 13.2 Å². The Hall–Kier alpha value is -1.89. The molecule has 0 aliphatic heterocycles. The van der Waals surface area contributed by atoms with Crippen LogP contribution in [0.3, 0.4) is 0 Å². The van der Waals surface area contributed by atoms with Gasteiger partial charge in [-0.1, -0.05) is 30.3 Å². The van der Waals surface area contributed by atoms with Crippen LogP contribution in [0.25, 0.3) is 0 Å². The fourth-order valence-corrected chi connectivity index (χ4v) is 3.44. The van der Waals surface area contributed by atoms with Crippen LogP contribution in [0, 0.1) is 0 Å². The molecule has 0 aliphatic carbocycles. The van der Waals surface area contributed by atoms with Gasteiger partial charge in [-0.25, -0.2) is 13.1 Å². The molecule has 2 aromatic carbocycles. The maximum Gasteiger partial charge on any atom is 0.240 e. The van der Waals surface area contributed by atoms with Crippen molar-refractivity contribution in [2.75, 3.05) is 27.2 Å². The van der Waals surface area contributed by atoms with Crippen LogP contribution in [0.15, 0.2) is 59.5 Å². The molecule has 0 atom stereocenters. The van der Waals surface area contributed by atoms with Gasteiger partial charge in [-0.05, 0) is 49.8 Å². The van der Waals surface area contributed by atoms with E-state index in [1.54, 1.807) is 31.4 Å². The van der Waals surface area contributed by atoms with E-state index in [0.717, 1.165) is 19.5 Å². The summed E-state index contributed by atoms with van der Waals surface area (Å²) < 4.78 is 32.1. The number of methoxy groups -OCH3 is 1. The molecule has 0 aliphatic rings. The van der Waals surface area contributed by atoms with Crippen LogP contribution in [-0.2, 0) is 16.6 Å². The number of ether oxygens (including phenoxy) is 1. The van der Waals surface area contributed by atoms with Crippen molar-refractivity contribution in [3.05, 3.63) is 60.2 Å². The molecule has 5 nitrogen and oxygen atoms in total. The zero-order chi connectivity index (χ0) is 17.4. The second kappa shape index (κ2) is 8.82. The highest BCUT2D eigenvalue weighted by Crippen LogP contribution is 2.15. The van der Waals surface area contributed by atoms with Gasteiger partial charge in [-0.2, -0.15) is 0 Å². The minimum Gasteiger partial charge on any atom is -0.497 e. The number of hydrogen-bond donors (Lipinski definition) is 1. The van der Waals surface area contributed by atoms with Crippen LogP contribution in [0.5, 0.6) is 5.75 Å². The summed E-state index contributed by atoms with van der Waals surface area (Å²) in [5.74, 6) is 0.636. The summed E-state index contributed by atoms with van der Waals surface area (Å²) in [5, 5.41) is 0. The molecule has 24 heavy (non-hydrogen) atoms. The van der Waals surface area contributed by atoms with E-state index in [-0.39, 0.29) is 4.90 Å². The number of nitrogens with one attached hydrogen (secondary N) is 1. The maximum atomic E-state index is 12.2. The first-order valence-electron chi connectivity index (χ1n) is 7.87. The van der Waals surface area contributed by atoms with Gasteiger partial charge in [0.25, 0.3) is 0 Å². The van der Waals surface area contributed by atoms with E-state index in [2.05, 4.69) is 21.8 Å². The van der Waals surface area contributed by atoms with Gasteiger partial charge >= 0.3 is 0 Å². The predicted molar refractivity (Wildman–Crippen MR) is 95.6 cm³/mol. The Morgan fingerprint density at radius 3 is 2.33 bits per heavy atom. The quantitative estimate of drug-likeness (QED) is 0.708. The Labute approximate surface area is 144 Å². The third-order valence-electron chi connectivity index (χ3n) is 3.67. The first-order chi connectivity index (χ1) is 11.5. The van der Waals surface area contributed by atoms with Crippen molar-refractivity contribution in [1.82, 2.24) is 9.62 Å². The predicted octanol–water partition coefficient (Wildman–Crippen LogP) is 2.50. The summed E-state index contributed by atoms with van der Waals surface area (Å²) >= 11 is 0. The highest BCUT2D eigenvalue weighted by Gasteiger charge is 2.13. The first-order valence-corrected chi connectivity index (χ1v) is 9.36. The lowest BCUT2D eigenvalue weighted by Crippen LogP contribution is -2.28.